The van der Waals surface area contributed by atoms with Gasteiger partial charge in [0.25, 0.3) is 11.9 Å². The lowest BCUT2D eigenvalue weighted by Gasteiger charge is -2.33. The van der Waals surface area contributed by atoms with Crippen molar-refractivity contribution in [1.29, 1.82) is 0 Å². The van der Waals surface area contributed by atoms with Crippen LogP contribution < -0.4 is 10.2 Å². The second kappa shape index (κ2) is 6.37. The van der Waals surface area contributed by atoms with Gasteiger partial charge in [0, 0.05) is 18.3 Å². The minimum atomic E-state index is -0.680. The molecule has 0 spiro atoms. The van der Waals surface area contributed by atoms with Crippen LogP contribution in [0.1, 0.15) is 25.7 Å². The van der Waals surface area contributed by atoms with Crippen LogP contribution in [0.5, 0.6) is 11.5 Å². The van der Waals surface area contributed by atoms with Gasteiger partial charge in [0.1, 0.15) is 0 Å². The first-order valence-electron chi connectivity index (χ1n) is 8.73. The lowest BCUT2D eigenvalue weighted by molar-refractivity contribution is -0.120. The van der Waals surface area contributed by atoms with Crippen LogP contribution >= 0.6 is 0 Å². The Kier molecular flexibility index (Phi) is 4.03. The Labute approximate surface area is 150 Å². The van der Waals surface area contributed by atoms with Gasteiger partial charge in [0.15, 0.2) is 11.5 Å². The molecule has 3 aromatic rings. The summed E-state index contributed by atoms with van der Waals surface area (Å²) in [6.45, 7) is 0.778. The van der Waals surface area contributed by atoms with Crippen molar-refractivity contribution in [1.82, 2.24) is 9.13 Å². The van der Waals surface area contributed by atoms with Gasteiger partial charge < -0.3 is 19.0 Å². The van der Waals surface area contributed by atoms with Gasteiger partial charge in [-0.2, -0.15) is 0 Å². The van der Waals surface area contributed by atoms with Crippen molar-refractivity contribution in [3.63, 3.8) is 0 Å². The minimum absolute atomic E-state index is 0.150. The third kappa shape index (κ3) is 2.67. The second-order valence-corrected chi connectivity index (χ2v) is 6.90. The van der Waals surface area contributed by atoms with Crippen LogP contribution in [0.4, 0.5) is 0 Å². The van der Waals surface area contributed by atoms with Gasteiger partial charge in [-0.25, -0.2) is 0 Å². The second-order valence-electron chi connectivity index (χ2n) is 6.90. The predicted octanol–water partition coefficient (Wildman–Crippen LogP) is 3.01. The Bertz CT molecular complexity index is 1010. The van der Waals surface area contributed by atoms with Gasteiger partial charge in [-0.15, -0.1) is 0 Å². The summed E-state index contributed by atoms with van der Waals surface area (Å²) in [5.74, 6) is -0.583. The van der Waals surface area contributed by atoms with Crippen LogP contribution in [0.3, 0.4) is 0 Å². The van der Waals surface area contributed by atoms with E-state index < -0.39 is 11.2 Å². The Hall–Kier alpha value is -3.02. The summed E-state index contributed by atoms with van der Waals surface area (Å²) in [6, 6.07) is 10.4. The van der Waals surface area contributed by atoms with E-state index in [4.69, 9.17) is 4.74 Å². The molecule has 1 N–H and O–H groups in total. The van der Waals surface area contributed by atoms with E-state index in [9.17, 15) is 14.7 Å². The molecule has 1 aliphatic rings. The number of carbonyl (C=O) groups excluding carboxylic acids is 1. The van der Waals surface area contributed by atoms with Crippen LogP contribution in [-0.2, 0) is 16.9 Å². The third-order valence-corrected chi connectivity index (χ3v) is 5.32. The van der Waals surface area contributed by atoms with Crippen molar-refractivity contribution >= 4 is 17.4 Å². The van der Waals surface area contributed by atoms with Gasteiger partial charge in [0.05, 0.1) is 17.9 Å². The third-order valence-electron chi connectivity index (χ3n) is 5.32. The molecule has 6 nitrogen and oxygen atoms in total. The zero-order valence-corrected chi connectivity index (χ0v) is 14.3. The van der Waals surface area contributed by atoms with Gasteiger partial charge in [0.2, 0.25) is 0 Å². The highest BCUT2D eigenvalue weighted by atomic mass is 16.5. The summed E-state index contributed by atoms with van der Waals surface area (Å²) in [6.07, 6.45) is 9.26. The summed E-state index contributed by atoms with van der Waals surface area (Å²) in [4.78, 5) is 22.5. The smallest absolute Gasteiger partial charge is 0.298 e. The predicted molar refractivity (Wildman–Crippen MR) is 97.4 cm³/mol. The SMILES string of the molecule is O=COc1cn(CC2(n3ccc4ccccc43)CCCC2)cc(O)c1=O. The number of pyridine rings is 1. The number of aromatic hydroxyl groups is 1. The number of fused-ring (bicyclic) bond motifs is 1. The molecule has 6 heteroatoms. The zero-order chi connectivity index (χ0) is 18.1. The van der Waals surface area contributed by atoms with E-state index in [1.807, 2.05) is 12.1 Å². The number of carbonyl (C=O) groups is 1. The maximum atomic E-state index is 11.9. The van der Waals surface area contributed by atoms with E-state index in [2.05, 4.69) is 29.0 Å². The average Bonchev–Trinajstić information content (AvgIpc) is 3.27. The number of aromatic nitrogens is 2. The molecule has 1 aliphatic carbocycles. The summed E-state index contributed by atoms with van der Waals surface area (Å²) in [5.41, 5.74) is 0.340. The first kappa shape index (κ1) is 16.4. The molecule has 2 aromatic heterocycles. The Morgan fingerprint density at radius 2 is 1.92 bits per heavy atom. The molecule has 26 heavy (non-hydrogen) atoms. The van der Waals surface area contributed by atoms with E-state index >= 15 is 0 Å². The first-order chi connectivity index (χ1) is 12.6. The molecule has 0 saturated heterocycles. The fourth-order valence-electron chi connectivity index (χ4n) is 4.16. The maximum Gasteiger partial charge on any atom is 0.298 e. The highest BCUT2D eigenvalue weighted by molar-refractivity contribution is 5.80. The Morgan fingerprint density at radius 1 is 1.15 bits per heavy atom. The largest absolute Gasteiger partial charge is 0.503 e. The van der Waals surface area contributed by atoms with Gasteiger partial charge in [-0.3, -0.25) is 9.59 Å². The van der Waals surface area contributed by atoms with E-state index in [0.717, 1.165) is 25.7 Å². The summed E-state index contributed by atoms with van der Waals surface area (Å²) < 4.78 is 8.79. The number of nitrogens with zero attached hydrogens (tertiary/aromatic N) is 2. The molecule has 134 valence electrons. The van der Waals surface area contributed by atoms with Crippen LogP contribution in [-0.4, -0.2) is 20.7 Å². The number of hydrogen-bond donors (Lipinski definition) is 1. The minimum Gasteiger partial charge on any atom is -0.503 e. The quantitative estimate of drug-likeness (QED) is 0.717. The molecular formula is C20H20N2O4. The highest BCUT2D eigenvalue weighted by Gasteiger charge is 2.36. The molecule has 2 heterocycles. The summed E-state index contributed by atoms with van der Waals surface area (Å²) >= 11 is 0. The fourth-order valence-corrected chi connectivity index (χ4v) is 4.16. The van der Waals surface area contributed by atoms with Crippen molar-refractivity contribution in [2.24, 2.45) is 0 Å². The van der Waals surface area contributed by atoms with Crippen LogP contribution in [0.2, 0.25) is 0 Å². The molecule has 0 atom stereocenters. The van der Waals surface area contributed by atoms with Gasteiger partial charge in [-0.05, 0) is 30.4 Å². The van der Waals surface area contributed by atoms with Crippen molar-refractivity contribution < 1.29 is 14.6 Å². The molecule has 0 bridgehead atoms. The molecule has 1 aromatic carbocycles. The molecule has 0 unspecified atom stereocenters. The lowest BCUT2D eigenvalue weighted by atomic mass is 9.96. The number of hydrogen-bond acceptors (Lipinski definition) is 4. The maximum absolute atomic E-state index is 11.9. The summed E-state index contributed by atoms with van der Waals surface area (Å²) in [5, 5.41) is 11.1. The van der Waals surface area contributed by atoms with E-state index in [1.165, 1.54) is 23.3 Å². The molecule has 1 fully saturated rings. The molecule has 1 saturated carbocycles. The van der Waals surface area contributed by atoms with Crippen molar-refractivity contribution in [2.75, 3.05) is 0 Å². The standard InChI is InChI=1S/C20H20N2O4/c23-14-26-18-12-21(11-17(24)19(18)25)13-20(8-3-4-9-20)22-10-7-15-5-1-2-6-16(15)22/h1-2,5-7,10-12,14,24H,3-4,8-9,13H2. The van der Waals surface area contributed by atoms with Crippen molar-refractivity contribution in [2.45, 2.75) is 37.8 Å². The van der Waals surface area contributed by atoms with Crippen LogP contribution in [0.25, 0.3) is 10.9 Å². The van der Waals surface area contributed by atoms with Crippen LogP contribution in [0.15, 0.2) is 53.7 Å². The Balaban J connectivity index is 1.79. The number of para-hydroxylation sites is 1. The normalized spacial score (nSPS) is 16.0. The first-order valence-corrected chi connectivity index (χ1v) is 8.73. The molecule has 0 radical (unpaired) electrons. The highest BCUT2D eigenvalue weighted by Crippen LogP contribution is 2.40. The van der Waals surface area contributed by atoms with E-state index in [0.29, 0.717) is 6.54 Å². The summed E-state index contributed by atoms with van der Waals surface area (Å²) in [7, 11) is 0. The number of ether oxygens (including phenoxy) is 1. The lowest BCUT2D eigenvalue weighted by Crippen LogP contribution is -2.35. The van der Waals surface area contributed by atoms with Crippen molar-refractivity contribution in [3.05, 3.63) is 59.1 Å². The molecular weight excluding hydrogens is 332 g/mol. The number of benzene rings is 1. The van der Waals surface area contributed by atoms with Crippen LogP contribution in [0, 0.1) is 0 Å². The monoisotopic (exact) mass is 352 g/mol. The molecule has 0 aliphatic heterocycles. The molecule has 4 rings (SSSR count). The topological polar surface area (TPSA) is 73.5 Å². The fraction of sp³-hybridized carbons (Fsp3) is 0.300. The average molecular weight is 352 g/mol. The van der Waals surface area contributed by atoms with Gasteiger partial charge in [-0.1, -0.05) is 31.0 Å². The molecule has 0 amide bonds. The van der Waals surface area contributed by atoms with Crippen molar-refractivity contribution in [3.8, 4) is 11.5 Å². The Morgan fingerprint density at radius 3 is 2.69 bits per heavy atom. The zero-order valence-electron chi connectivity index (χ0n) is 14.3. The van der Waals surface area contributed by atoms with E-state index in [1.54, 1.807) is 4.57 Å². The van der Waals surface area contributed by atoms with Gasteiger partial charge >= 0.3 is 0 Å². The van der Waals surface area contributed by atoms with E-state index in [-0.39, 0.29) is 17.8 Å². The number of rotatable bonds is 5.